The SMILES string of the molecule is Cc1nc2c(F)c(-c3ccc(F)c4sc(N)nc34)c(Cl)cc2cc1C#N. The zero-order valence-corrected chi connectivity index (χ0v) is 14.8. The van der Waals surface area contributed by atoms with Crippen molar-refractivity contribution in [3.63, 3.8) is 0 Å². The summed E-state index contributed by atoms with van der Waals surface area (Å²) >= 11 is 7.31. The molecule has 0 saturated heterocycles. The standard InChI is InChI=1S/C18H9ClF2N4S/c1-7-9(6-22)4-8-5-11(19)13(14(21)15(8)24-7)10-2-3-12(20)17-16(10)25-18(23)26-17/h2-5H,1H3,(H2,23,25). The minimum atomic E-state index is -0.653. The number of aryl methyl sites for hydroxylation is 1. The fourth-order valence-electron chi connectivity index (χ4n) is 2.89. The summed E-state index contributed by atoms with van der Waals surface area (Å²) in [5, 5.41) is 9.83. The Morgan fingerprint density at radius 2 is 1.96 bits per heavy atom. The van der Waals surface area contributed by atoms with E-state index in [1.807, 2.05) is 6.07 Å². The first kappa shape index (κ1) is 16.6. The summed E-state index contributed by atoms with van der Waals surface area (Å²) in [7, 11) is 0. The largest absolute Gasteiger partial charge is 0.375 e. The van der Waals surface area contributed by atoms with Gasteiger partial charge in [-0.25, -0.2) is 18.7 Å². The van der Waals surface area contributed by atoms with Gasteiger partial charge in [0.2, 0.25) is 0 Å². The van der Waals surface area contributed by atoms with Crippen LogP contribution in [0.1, 0.15) is 11.3 Å². The fraction of sp³-hybridized carbons (Fsp3) is 0.0556. The predicted octanol–water partition coefficient (Wildman–Crippen LogP) is 5.21. The Balaban J connectivity index is 2.10. The third-order valence-electron chi connectivity index (χ3n) is 4.09. The number of fused-ring (bicyclic) bond motifs is 2. The lowest BCUT2D eigenvalue weighted by Crippen LogP contribution is -1.96. The molecule has 128 valence electrons. The topological polar surface area (TPSA) is 75.6 Å². The zero-order valence-electron chi connectivity index (χ0n) is 13.3. The average Bonchev–Trinajstić information content (AvgIpc) is 3.00. The number of hydrogen-bond donors (Lipinski definition) is 1. The minimum Gasteiger partial charge on any atom is -0.375 e. The molecule has 4 aromatic rings. The van der Waals surface area contributed by atoms with E-state index in [4.69, 9.17) is 22.6 Å². The number of benzene rings is 2. The van der Waals surface area contributed by atoms with Crippen molar-refractivity contribution in [2.45, 2.75) is 6.92 Å². The van der Waals surface area contributed by atoms with Gasteiger partial charge in [0.05, 0.1) is 26.5 Å². The second-order valence-corrected chi connectivity index (χ2v) is 7.11. The van der Waals surface area contributed by atoms with E-state index in [1.165, 1.54) is 24.3 Å². The van der Waals surface area contributed by atoms with Gasteiger partial charge in [0.15, 0.2) is 10.9 Å². The summed E-state index contributed by atoms with van der Waals surface area (Å²) in [6.45, 7) is 1.63. The van der Waals surface area contributed by atoms with Crippen molar-refractivity contribution >= 4 is 49.2 Å². The molecule has 0 aliphatic rings. The number of pyridine rings is 1. The Morgan fingerprint density at radius 1 is 1.19 bits per heavy atom. The fourth-order valence-corrected chi connectivity index (χ4v) is 3.96. The van der Waals surface area contributed by atoms with Crippen LogP contribution in [0.5, 0.6) is 0 Å². The van der Waals surface area contributed by atoms with E-state index in [0.717, 1.165) is 11.3 Å². The predicted molar refractivity (Wildman–Crippen MR) is 99.1 cm³/mol. The average molecular weight is 387 g/mol. The van der Waals surface area contributed by atoms with Gasteiger partial charge < -0.3 is 5.73 Å². The van der Waals surface area contributed by atoms with Crippen molar-refractivity contribution in [3.05, 3.63) is 52.2 Å². The van der Waals surface area contributed by atoms with Crippen molar-refractivity contribution in [2.75, 3.05) is 5.73 Å². The third kappa shape index (κ3) is 2.38. The molecule has 0 atom stereocenters. The van der Waals surface area contributed by atoms with Gasteiger partial charge in [0, 0.05) is 16.5 Å². The van der Waals surface area contributed by atoms with Gasteiger partial charge in [-0.2, -0.15) is 5.26 Å². The van der Waals surface area contributed by atoms with E-state index in [0.29, 0.717) is 22.2 Å². The van der Waals surface area contributed by atoms with Crippen molar-refractivity contribution in [1.82, 2.24) is 9.97 Å². The van der Waals surface area contributed by atoms with Crippen LogP contribution < -0.4 is 5.73 Å². The molecule has 2 heterocycles. The number of nitrogens with zero attached hydrogens (tertiary/aromatic N) is 3. The molecule has 26 heavy (non-hydrogen) atoms. The molecule has 0 aliphatic heterocycles. The number of anilines is 1. The van der Waals surface area contributed by atoms with Gasteiger partial charge in [0.25, 0.3) is 0 Å². The summed E-state index contributed by atoms with van der Waals surface area (Å²) < 4.78 is 29.6. The summed E-state index contributed by atoms with van der Waals surface area (Å²) in [6.07, 6.45) is 0. The van der Waals surface area contributed by atoms with Crippen molar-refractivity contribution < 1.29 is 8.78 Å². The minimum absolute atomic E-state index is 0.0751. The molecular formula is C18H9ClF2N4S. The Labute approximate surface area is 155 Å². The number of nitrogens with two attached hydrogens (primary N) is 1. The first-order chi connectivity index (χ1) is 12.4. The van der Waals surface area contributed by atoms with Crippen LogP contribution in [-0.4, -0.2) is 9.97 Å². The number of thiazole rings is 1. The smallest absolute Gasteiger partial charge is 0.181 e. The molecule has 0 fully saturated rings. The highest BCUT2D eigenvalue weighted by molar-refractivity contribution is 7.22. The molecule has 4 rings (SSSR count). The van der Waals surface area contributed by atoms with E-state index in [2.05, 4.69) is 9.97 Å². The zero-order chi connectivity index (χ0) is 18.6. The van der Waals surface area contributed by atoms with Crippen LogP contribution in [0.25, 0.3) is 32.2 Å². The highest BCUT2D eigenvalue weighted by Gasteiger charge is 2.21. The molecule has 2 aromatic heterocycles. The number of hydrogen-bond acceptors (Lipinski definition) is 5. The Morgan fingerprint density at radius 3 is 2.69 bits per heavy atom. The molecule has 0 saturated carbocycles. The lowest BCUT2D eigenvalue weighted by atomic mass is 10.00. The summed E-state index contributed by atoms with van der Waals surface area (Å²) in [4.78, 5) is 8.33. The maximum Gasteiger partial charge on any atom is 0.181 e. The molecule has 0 unspecified atom stereocenters. The molecule has 8 heteroatoms. The number of nitriles is 1. The van der Waals surface area contributed by atoms with E-state index >= 15 is 4.39 Å². The van der Waals surface area contributed by atoms with E-state index in [9.17, 15) is 4.39 Å². The van der Waals surface area contributed by atoms with Gasteiger partial charge in [-0.15, -0.1) is 0 Å². The first-order valence-electron chi connectivity index (χ1n) is 7.45. The molecule has 0 bridgehead atoms. The third-order valence-corrected chi connectivity index (χ3v) is 5.28. The second kappa shape index (κ2) is 5.87. The van der Waals surface area contributed by atoms with Crippen LogP contribution in [-0.2, 0) is 0 Å². The van der Waals surface area contributed by atoms with Crippen LogP contribution in [0.4, 0.5) is 13.9 Å². The molecular weight excluding hydrogens is 378 g/mol. The number of rotatable bonds is 1. The van der Waals surface area contributed by atoms with Crippen molar-refractivity contribution in [3.8, 4) is 17.2 Å². The first-order valence-corrected chi connectivity index (χ1v) is 8.64. The van der Waals surface area contributed by atoms with Gasteiger partial charge >= 0.3 is 0 Å². The van der Waals surface area contributed by atoms with E-state index in [1.54, 1.807) is 6.92 Å². The Hall–Kier alpha value is -2.82. The van der Waals surface area contributed by atoms with Crippen LogP contribution >= 0.6 is 22.9 Å². The number of aromatic nitrogens is 2. The van der Waals surface area contributed by atoms with Crippen LogP contribution in [0.3, 0.4) is 0 Å². The Kier molecular flexibility index (Phi) is 3.75. The number of nitrogen functional groups attached to an aromatic ring is 1. The molecule has 0 spiro atoms. The quantitative estimate of drug-likeness (QED) is 0.487. The molecule has 0 aliphatic carbocycles. The Bertz CT molecular complexity index is 1260. The highest BCUT2D eigenvalue weighted by Crippen LogP contribution is 2.41. The summed E-state index contributed by atoms with van der Waals surface area (Å²) in [5.41, 5.74) is 7.20. The van der Waals surface area contributed by atoms with Gasteiger partial charge in [-0.1, -0.05) is 22.9 Å². The monoisotopic (exact) mass is 386 g/mol. The number of halogens is 3. The molecule has 0 radical (unpaired) electrons. The molecule has 4 nitrogen and oxygen atoms in total. The second-order valence-electron chi connectivity index (χ2n) is 5.68. The van der Waals surface area contributed by atoms with E-state index < -0.39 is 11.6 Å². The molecule has 2 aromatic carbocycles. The van der Waals surface area contributed by atoms with E-state index in [-0.39, 0.29) is 31.5 Å². The van der Waals surface area contributed by atoms with Crippen molar-refractivity contribution in [2.24, 2.45) is 0 Å². The molecule has 2 N–H and O–H groups in total. The summed E-state index contributed by atoms with van der Waals surface area (Å²) in [5.74, 6) is -1.14. The normalized spacial score (nSPS) is 11.2. The van der Waals surface area contributed by atoms with Crippen LogP contribution in [0, 0.1) is 29.9 Å². The maximum atomic E-state index is 15.3. The van der Waals surface area contributed by atoms with Gasteiger partial charge in [-0.05, 0) is 31.2 Å². The van der Waals surface area contributed by atoms with Gasteiger partial charge in [-0.3, -0.25) is 0 Å². The highest BCUT2D eigenvalue weighted by atomic mass is 35.5. The lowest BCUT2D eigenvalue weighted by molar-refractivity contribution is 0.638. The van der Waals surface area contributed by atoms with Crippen LogP contribution in [0.2, 0.25) is 5.02 Å². The lowest BCUT2D eigenvalue weighted by Gasteiger charge is -2.11. The summed E-state index contributed by atoms with van der Waals surface area (Å²) in [6, 6.07) is 7.74. The van der Waals surface area contributed by atoms with Crippen molar-refractivity contribution in [1.29, 1.82) is 5.26 Å². The molecule has 0 amide bonds. The maximum absolute atomic E-state index is 15.3. The van der Waals surface area contributed by atoms with Crippen LogP contribution in [0.15, 0.2) is 24.3 Å². The van der Waals surface area contributed by atoms with Gasteiger partial charge in [0.1, 0.15) is 17.4 Å².